The third-order valence-corrected chi connectivity index (χ3v) is 5.13. The molecule has 0 saturated carbocycles. The van der Waals surface area contributed by atoms with Crippen molar-refractivity contribution in [3.8, 4) is 17.2 Å². The van der Waals surface area contributed by atoms with Gasteiger partial charge in [-0.05, 0) is 38.8 Å². The first-order valence-electron chi connectivity index (χ1n) is 11.5. The molecule has 0 spiro atoms. The van der Waals surface area contributed by atoms with Crippen LogP contribution in [-0.4, -0.2) is 54.5 Å². The van der Waals surface area contributed by atoms with Gasteiger partial charge in [-0.15, -0.1) is 0 Å². The molecular formula is C26H34N2O8. The number of hydrogen-bond acceptors (Lipinski definition) is 9. The number of benzene rings is 1. The molecule has 0 saturated heterocycles. The smallest absolute Gasteiger partial charge is 0.329 e. The summed E-state index contributed by atoms with van der Waals surface area (Å²) in [5, 5.41) is 2.57. The van der Waals surface area contributed by atoms with Gasteiger partial charge in [-0.25, -0.2) is 9.78 Å². The Labute approximate surface area is 211 Å². The first-order valence-corrected chi connectivity index (χ1v) is 11.5. The normalized spacial score (nSPS) is 12.8. The minimum absolute atomic E-state index is 0.0239. The fourth-order valence-electron chi connectivity index (χ4n) is 3.52. The van der Waals surface area contributed by atoms with E-state index in [0.717, 1.165) is 0 Å². The van der Waals surface area contributed by atoms with Crippen molar-refractivity contribution in [2.45, 2.75) is 59.3 Å². The molecule has 2 aromatic rings. The van der Waals surface area contributed by atoms with Crippen LogP contribution in [0.3, 0.4) is 0 Å². The van der Waals surface area contributed by atoms with Gasteiger partial charge < -0.3 is 29.0 Å². The summed E-state index contributed by atoms with van der Waals surface area (Å²) in [6, 6.07) is 9.74. The molecular weight excluding hydrogens is 468 g/mol. The van der Waals surface area contributed by atoms with Crippen LogP contribution in [0.15, 0.2) is 42.6 Å². The van der Waals surface area contributed by atoms with Crippen LogP contribution in [0.25, 0.3) is 0 Å². The monoisotopic (exact) mass is 502 g/mol. The second-order valence-electron chi connectivity index (χ2n) is 8.90. The number of aromatic nitrogens is 1. The van der Waals surface area contributed by atoms with E-state index in [1.807, 2.05) is 44.2 Å². The highest BCUT2D eigenvalue weighted by molar-refractivity contribution is 5.98. The summed E-state index contributed by atoms with van der Waals surface area (Å²) in [5.41, 5.74) is -1.15. The van der Waals surface area contributed by atoms with Crippen molar-refractivity contribution in [3.63, 3.8) is 0 Å². The molecule has 1 aromatic heterocycles. The van der Waals surface area contributed by atoms with Crippen LogP contribution in [0.4, 0.5) is 0 Å². The fraction of sp³-hybridized carbons (Fsp3) is 0.462. The molecule has 0 aliphatic rings. The molecule has 36 heavy (non-hydrogen) atoms. The van der Waals surface area contributed by atoms with Gasteiger partial charge >= 0.3 is 11.9 Å². The zero-order chi connectivity index (χ0) is 26.9. The SMILES string of the molecule is COc1ccnc(C(=O)NC(C)C(=O)OC(C)(C)[C@@H](Oc2ccccc2)C(C)C)c1OCOC(C)=O. The van der Waals surface area contributed by atoms with E-state index in [0.29, 0.717) is 5.75 Å². The standard InChI is InChI=1S/C26H34N2O8/c1-16(2)23(35-19-11-9-8-10-12-19)26(5,6)36-25(31)17(3)28-24(30)21-22(34-15-33-18(4)29)20(32-7)13-14-27-21/h8-14,16-17,23H,15H2,1-7H3,(H,28,30)/t17?,23-/m0/s1. The summed E-state index contributed by atoms with van der Waals surface area (Å²) < 4.78 is 27.3. The third kappa shape index (κ3) is 7.86. The van der Waals surface area contributed by atoms with Crippen LogP contribution in [-0.2, 0) is 19.1 Å². The molecule has 0 fully saturated rings. The molecule has 1 N–H and O–H groups in total. The molecule has 10 heteroatoms. The second kappa shape index (κ2) is 12.8. The number of ether oxygens (including phenoxy) is 5. The number of para-hydroxylation sites is 1. The summed E-state index contributed by atoms with van der Waals surface area (Å²) in [5.74, 6) is -1.05. The number of carbonyl (C=O) groups is 3. The van der Waals surface area contributed by atoms with Crippen LogP contribution < -0.4 is 19.5 Å². The molecule has 2 atom stereocenters. The zero-order valence-electron chi connectivity index (χ0n) is 21.7. The number of nitrogens with one attached hydrogen (secondary N) is 1. The Morgan fingerprint density at radius 1 is 1.06 bits per heavy atom. The lowest BCUT2D eigenvalue weighted by atomic mass is 9.91. The average Bonchev–Trinajstić information content (AvgIpc) is 2.82. The quantitative estimate of drug-likeness (QED) is 0.343. The largest absolute Gasteiger partial charge is 0.493 e. The Bertz CT molecular complexity index is 1040. The maximum atomic E-state index is 12.9. The Morgan fingerprint density at radius 3 is 2.31 bits per heavy atom. The van der Waals surface area contributed by atoms with E-state index in [-0.39, 0.29) is 23.1 Å². The molecule has 1 amide bonds. The summed E-state index contributed by atoms with van der Waals surface area (Å²) >= 11 is 0. The van der Waals surface area contributed by atoms with Gasteiger partial charge in [0.2, 0.25) is 6.79 Å². The van der Waals surface area contributed by atoms with Crippen molar-refractivity contribution in [1.82, 2.24) is 10.3 Å². The highest BCUT2D eigenvalue weighted by atomic mass is 16.7. The number of hydrogen-bond donors (Lipinski definition) is 1. The van der Waals surface area contributed by atoms with Crippen LogP contribution in [0, 0.1) is 5.92 Å². The van der Waals surface area contributed by atoms with E-state index >= 15 is 0 Å². The van der Waals surface area contributed by atoms with Crippen molar-refractivity contribution >= 4 is 17.8 Å². The highest BCUT2D eigenvalue weighted by Crippen LogP contribution is 2.30. The van der Waals surface area contributed by atoms with Gasteiger partial charge in [0.25, 0.3) is 5.91 Å². The van der Waals surface area contributed by atoms with Gasteiger partial charge in [0, 0.05) is 19.2 Å². The number of nitrogens with zero attached hydrogens (tertiary/aromatic N) is 1. The summed E-state index contributed by atoms with van der Waals surface area (Å²) in [4.78, 5) is 41.0. The average molecular weight is 503 g/mol. The molecule has 196 valence electrons. The number of carbonyl (C=O) groups excluding carboxylic acids is 3. The lowest BCUT2D eigenvalue weighted by Gasteiger charge is -2.37. The fourth-order valence-corrected chi connectivity index (χ4v) is 3.52. The molecule has 1 heterocycles. The first kappa shape index (κ1) is 28.4. The number of amides is 1. The predicted molar refractivity (Wildman–Crippen MR) is 131 cm³/mol. The predicted octanol–water partition coefficient (Wildman–Crippen LogP) is 3.53. The molecule has 10 nitrogen and oxygen atoms in total. The zero-order valence-corrected chi connectivity index (χ0v) is 21.7. The molecule has 0 aliphatic heterocycles. The minimum atomic E-state index is -1.02. The van der Waals surface area contributed by atoms with Crippen molar-refractivity contribution in [2.75, 3.05) is 13.9 Å². The number of esters is 2. The second-order valence-corrected chi connectivity index (χ2v) is 8.90. The summed E-state index contributed by atoms with van der Waals surface area (Å²) in [6.07, 6.45) is 0.903. The maximum absolute atomic E-state index is 12.9. The van der Waals surface area contributed by atoms with Gasteiger partial charge in [0.1, 0.15) is 23.5 Å². The minimum Gasteiger partial charge on any atom is -0.493 e. The highest BCUT2D eigenvalue weighted by Gasteiger charge is 2.39. The van der Waals surface area contributed by atoms with Crippen molar-refractivity contribution in [2.24, 2.45) is 5.92 Å². The van der Waals surface area contributed by atoms with Crippen molar-refractivity contribution in [3.05, 3.63) is 48.3 Å². The maximum Gasteiger partial charge on any atom is 0.329 e. The Kier molecular flexibility index (Phi) is 10.1. The van der Waals surface area contributed by atoms with E-state index in [9.17, 15) is 14.4 Å². The van der Waals surface area contributed by atoms with E-state index in [1.165, 1.54) is 33.2 Å². The van der Waals surface area contributed by atoms with E-state index < -0.39 is 42.4 Å². The summed E-state index contributed by atoms with van der Waals surface area (Å²) in [7, 11) is 1.39. The Balaban J connectivity index is 2.12. The van der Waals surface area contributed by atoms with E-state index in [1.54, 1.807) is 13.8 Å². The number of rotatable bonds is 12. The van der Waals surface area contributed by atoms with Crippen molar-refractivity contribution in [1.29, 1.82) is 0 Å². The van der Waals surface area contributed by atoms with Gasteiger partial charge in [-0.3, -0.25) is 9.59 Å². The van der Waals surface area contributed by atoms with Gasteiger partial charge in [-0.2, -0.15) is 0 Å². The van der Waals surface area contributed by atoms with Crippen LogP contribution in [0.1, 0.15) is 52.0 Å². The molecule has 0 radical (unpaired) electrons. The molecule has 0 aliphatic carbocycles. The van der Waals surface area contributed by atoms with Gasteiger partial charge in [0.05, 0.1) is 7.11 Å². The van der Waals surface area contributed by atoms with Gasteiger partial charge in [-0.1, -0.05) is 32.0 Å². The molecule has 1 aromatic carbocycles. The third-order valence-electron chi connectivity index (χ3n) is 5.13. The van der Waals surface area contributed by atoms with Crippen LogP contribution in [0.5, 0.6) is 17.2 Å². The summed E-state index contributed by atoms with van der Waals surface area (Å²) in [6.45, 7) is 9.75. The molecule has 0 bridgehead atoms. The lowest BCUT2D eigenvalue weighted by molar-refractivity contribution is -0.170. The Hall–Kier alpha value is -3.82. The van der Waals surface area contributed by atoms with Crippen LogP contribution in [0.2, 0.25) is 0 Å². The van der Waals surface area contributed by atoms with Crippen LogP contribution >= 0.6 is 0 Å². The van der Waals surface area contributed by atoms with Gasteiger partial charge in [0.15, 0.2) is 17.2 Å². The topological polar surface area (TPSA) is 122 Å². The number of pyridine rings is 1. The lowest BCUT2D eigenvalue weighted by Crippen LogP contribution is -2.51. The molecule has 2 rings (SSSR count). The molecule has 1 unspecified atom stereocenters. The van der Waals surface area contributed by atoms with E-state index in [4.69, 9.17) is 23.7 Å². The first-order chi connectivity index (χ1) is 17.0. The van der Waals surface area contributed by atoms with Crippen molar-refractivity contribution < 1.29 is 38.1 Å². The van der Waals surface area contributed by atoms with E-state index in [2.05, 4.69) is 10.3 Å². The Morgan fingerprint density at radius 2 is 1.72 bits per heavy atom. The number of methoxy groups -OCH3 is 1.